The molecule has 144 valence electrons. The quantitative estimate of drug-likeness (QED) is 0.596. The summed E-state index contributed by atoms with van der Waals surface area (Å²) in [5.41, 5.74) is 4.04. The fourth-order valence-electron chi connectivity index (χ4n) is 4.13. The Bertz CT molecular complexity index is 968. The molecule has 0 N–H and O–H groups in total. The van der Waals surface area contributed by atoms with Crippen LogP contribution in [0.3, 0.4) is 0 Å². The van der Waals surface area contributed by atoms with Crippen LogP contribution in [0.25, 0.3) is 0 Å². The Labute approximate surface area is 162 Å². The highest BCUT2D eigenvalue weighted by atomic mass is 16.6. The van der Waals surface area contributed by atoms with E-state index in [4.69, 9.17) is 9.84 Å². The lowest BCUT2D eigenvalue weighted by Crippen LogP contribution is -2.31. The topological polar surface area (TPSA) is 85.0 Å². The number of nitro benzene ring substituents is 1. The lowest BCUT2D eigenvalue weighted by Gasteiger charge is -2.29. The number of hydrogen-bond acceptors (Lipinski definition) is 5. The molecule has 2 aliphatic rings. The Morgan fingerprint density at radius 3 is 2.68 bits per heavy atom. The van der Waals surface area contributed by atoms with Crippen LogP contribution in [-0.4, -0.2) is 28.7 Å². The molecule has 2 atom stereocenters. The molecule has 2 unspecified atom stereocenters. The predicted octanol–water partition coefficient (Wildman–Crippen LogP) is 3.86. The zero-order chi connectivity index (χ0) is 19.8. The molecular weight excluding hydrogens is 358 g/mol. The minimum Gasteiger partial charge on any atom is -0.497 e. The second kappa shape index (κ2) is 7.07. The van der Waals surface area contributed by atoms with Gasteiger partial charge in [-0.1, -0.05) is 19.1 Å². The molecule has 28 heavy (non-hydrogen) atoms. The van der Waals surface area contributed by atoms with E-state index in [9.17, 15) is 14.9 Å². The maximum atomic E-state index is 12.6. The first kappa shape index (κ1) is 18.2. The maximum absolute atomic E-state index is 12.6. The van der Waals surface area contributed by atoms with Crippen molar-refractivity contribution in [2.75, 3.05) is 7.11 Å². The Morgan fingerprint density at radius 1 is 1.29 bits per heavy atom. The van der Waals surface area contributed by atoms with Crippen LogP contribution in [-0.2, 0) is 11.2 Å². The van der Waals surface area contributed by atoms with Crippen molar-refractivity contribution in [2.24, 2.45) is 11.0 Å². The maximum Gasteiger partial charge on any atom is 0.269 e. The zero-order valence-electron chi connectivity index (χ0n) is 15.8. The summed E-state index contributed by atoms with van der Waals surface area (Å²) in [4.78, 5) is 23.2. The van der Waals surface area contributed by atoms with Crippen LogP contribution in [0.1, 0.15) is 42.5 Å². The van der Waals surface area contributed by atoms with Gasteiger partial charge in [-0.25, -0.2) is 5.01 Å². The van der Waals surface area contributed by atoms with Gasteiger partial charge in [0.1, 0.15) is 5.75 Å². The van der Waals surface area contributed by atoms with Gasteiger partial charge >= 0.3 is 0 Å². The second-order valence-corrected chi connectivity index (χ2v) is 7.04. The second-order valence-electron chi connectivity index (χ2n) is 7.04. The molecule has 0 saturated heterocycles. The molecule has 0 saturated carbocycles. The molecule has 1 aliphatic heterocycles. The summed E-state index contributed by atoms with van der Waals surface area (Å²) in [6, 6.07) is 12.2. The first-order valence-corrected chi connectivity index (χ1v) is 9.35. The summed E-state index contributed by atoms with van der Waals surface area (Å²) in [6.07, 6.45) is 2.07. The summed E-state index contributed by atoms with van der Waals surface area (Å²) in [7, 11) is 1.65. The summed E-state index contributed by atoms with van der Waals surface area (Å²) in [5.74, 6) is 0.822. The Balaban J connectivity index is 1.75. The van der Waals surface area contributed by atoms with E-state index in [-0.39, 0.29) is 23.6 Å². The number of carbonyl (C=O) groups excluding carboxylic acids is 1. The average Bonchev–Trinajstić information content (AvgIpc) is 3.12. The number of aryl methyl sites for hydroxylation is 1. The predicted molar refractivity (Wildman–Crippen MR) is 104 cm³/mol. The number of fused-ring (bicyclic) bond motifs is 3. The van der Waals surface area contributed by atoms with Crippen LogP contribution >= 0.6 is 0 Å². The Kier molecular flexibility index (Phi) is 4.58. The molecule has 4 rings (SSSR count). The van der Waals surface area contributed by atoms with E-state index in [1.54, 1.807) is 24.3 Å². The molecule has 2 aromatic rings. The van der Waals surface area contributed by atoms with Gasteiger partial charge in [0, 0.05) is 30.0 Å². The van der Waals surface area contributed by atoms with Crippen LogP contribution < -0.4 is 4.74 Å². The fourth-order valence-corrected chi connectivity index (χ4v) is 4.13. The van der Waals surface area contributed by atoms with E-state index in [1.807, 2.05) is 25.1 Å². The number of non-ortho nitro benzene ring substituents is 1. The highest BCUT2D eigenvalue weighted by Gasteiger charge is 2.43. The third-order valence-electron chi connectivity index (χ3n) is 5.53. The minimum atomic E-state index is -0.417. The highest BCUT2D eigenvalue weighted by molar-refractivity contribution is 6.07. The first-order chi connectivity index (χ1) is 13.5. The van der Waals surface area contributed by atoms with Crippen molar-refractivity contribution in [3.8, 4) is 5.75 Å². The molecule has 1 amide bonds. The molecule has 7 heteroatoms. The molecule has 1 aliphatic carbocycles. The van der Waals surface area contributed by atoms with Crippen LogP contribution in [0, 0.1) is 16.0 Å². The van der Waals surface area contributed by atoms with Gasteiger partial charge in [-0.3, -0.25) is 14.9 Å². The minimum absolute atomic E-state index is 0.0392. The molecular formula is C21H21N3O4. The number of benzene rings is 2. The average molecular weight is 379 g/mol. The van der Waals surface area contributed by atoms with Gasteiger partial charge in [-0.05, 0) is 42.2 Å². The van der Waals surface area contributed by atoms with E-state index >= 15 is 0 Å². The Morgan fingerprint density at radius 2 is 2.04 bits per heavy atom. The van der Waals surface area contributed by atoms with Gasteiger partial charge in [-0.15, -0.1) is 0 Å². The van der Waals surface area contributed by atoms with E-state index < -0.39 is 4.92 Å². The SMILES string of the molecule is CCC(=O)N1N=C2c3ccc(OC)cc3CCC2C1c1ccc([N+](=O)[O-])cc1. The van der Waals surface area contributed by atoms with Crippen LogP contribution in [0.2, 0.25) is 0 Å². The summed E-state index contributed by atoms with van der Waals surface area (Å²) in [6.45, 7) is 1.82. The number of rotatable bonds is 4. The van der Waals surface area contributed by atoms with E-state index in [2.05, 4.69) is 0 Å². The van der Waals surface area contributed by atoms with E-state index in [1.165, 1.54) is 17.7 Å². The fraction of sp³-hybridized carbons (Fsp3) is 0.333. The molecule has 7 nitrogen and oxygen atoms in total. The van der Waals surface area contributed by atoms with Gasteiger partial charge in [0.2, 0.25) is 5.91 Å². The van der Waals surface area contributed by atoms with E-state index in [0.29, 0.717) is 6.42 Å². The summed E-state index contributed by atoms with van der Waals surface area (Å²) < 4.78 is 5.33. The Hall–Kier alpha value is -3.22. The lowest BCUT2D eigenvalue weighted by atomic mass is 9.77. The highest BCUT2D eigenvalue weighted by Crippen LogP contribution is 2.44. The van der Waals surface area contributed by atoms with Crippen LogP contribution in [0.15, 0.2) is 47.6 Å². The number of hydrogen-bond donors (Lipinski definition) is 0. The number of methoxy groups -OCH3 is 1. The molecule has 0 aromatic heterocycles. The van der Waals surface area contributed by atoms with Gasteiger partial charge in [0.25, 0.3) is 5.69 Å². The molecule has 2 aromatic carbocycles. The van der Waals surface area contributed by atoms with Gasteiger partial charge in [0.15, 0.2) is 0 Å². The van der Waals surface area contributed by atoms with Crippen molar-refractivity contribution in [1.29, 1.82) is 0 Å². The zero-order valence-corrected chi connectivity index (χ0v) is 15.8. The van der Waals surface area contributed by atoms with E-state index in [0.717, 1.165) is 35.4 Å². The first-order valence-electron chi connectivity index (χ1n) is 9.35. The normalized spacial score (nSPS) is 20.2. The number of nitrogens with zero attached hydrogens (tertiary/aromatic N) is 3. The molecule has 0 fully saturated rings. The number of hydrazone groups is 1. The van der Waals surface area contributed by atoms with Gasteiger partial charge in [-0.2, -0.15) is 5.10 Å². The molecule has 0 radical (unpaired) electrons. The summed E-state index contributed by atoms with van der Waals surface area (Å²) >= 11 is 0. The summed E-state index contributed by atoms with van der Waals surface area (Å²) in [5, 5.41) is 17.3. The molecule has 1 heterocycles. The van der Waals surface area contributed by atoms with Crippen LogP contribution in [0.5, 0.6) is 5.75 Å². The molecule has 0 bridgehead atoms. The number of nitro groups is 1. The van der Waals surface area contributed by atoms with Crippen molar-refractivity contribution in [3.05, 3.63) is 69.3 Å². The number of carbonyl (C=O) groups is 1. The standard InChI is InChI=1S/C21H21N3O4/c1-3-19(25)23-21(13-4-7-15(8-5-13)24(26)27)18-10-6-14-12-16(28-2)9-11-17(14)20(18)22-23/h4-5,7-9,11-12,18,21H,3,6,10H2,1-2H3. The van der Waals surface area contributed by atoms with Gasteiger partial charge in [0.05, 0.1) is 23.8 Å². The smallest absolute Gasteiger partial charge is 0.269 e. The number of ether oxygens (including phenoxy) is 1. The number of amides is 1. The monoisotopic (exact) mass is 379 g/mol. The van der Waals surface area contributed by atoms with Gasteiger partial charge < -0.3 is 4.74 Å². The van der Waals surface area contributed by atoms with Crippen molar-refractivity contribution >= 4 is 17.3 Å². The third-order valence-corrected chi connectivity index (χ3v) is 5.53. The van der Waals surface area contributed by atoms with Crippen molar-refractivity contribution in [3.63, 3.8) is 0 Å². The third kappa shape index (κ3) is 2.93. The largest absolute Gasteiger partial charge is 0.497 e. The van der Waals surface area contributed by atoms with Crippen molar-refractivity contribution in [2.45, 2.75) is 32.2 Å². The lowest BCUT2D eigenvalue weighted by molar-refractivity contribution is -0.384. The van der Waals surface area contributed by atoms with Crippen molar-refractivity contribution in [1.82, 2.24) is 5.01 Å². The molecule has 0 spiro atoms. The van der Waals surface area contributed by atoms with Crippen LogP contribution in [0.4, 0.5) is 5.69 Å². The van der Waals surface area contributed by atoms with Crippen molar-refractivity contribution < 1.29 is 14.5 Å².